The van der Waals surface area contributed by atoms with Crippen LogP contribution in [0.15, 0.2) is 53.7 Å². The second kappa shape index (κ2) is 11.0. The Balaban J connectivity index is 1.72. The van der Waals surface area contributed by atoms with Crippen molar-refractivity contribution in [3.63, 3.8) is 0 Å². The highest BCUT2D eigenvalue weighted by Crippen LogP contribution is 2.37. The second-order valence-electron chi connectivity index (χ2n) is 7.65. The largest absolute Gasteiger partial charge is 0.495 e. The zero-order chi connectivity index (χ0) is 24.8. The number of aryl methyl sites for hydroxylation is 1. The molecule has 0 radical (unpaired) electrons. The molecule has 0 saturated carbocycles. The van der Waals surface area contributed by atoms with Gasteiger partial charge in [0.1, 0.15) is 11.0 Å². The first-order valence-electron chi connectivity index (χ1n) is 11.3. The molecule has 2 aromatic carbocycles. The molecule has 1 atom stereocenters. The molecular formula is C24H28N8O2S. The lowest BCUT2D eigenvalue weighted by Gasteiger charge is -2.18. The maximum absolute atomic E-state index is 13.6. The van der Waals surface area contributed by atoms with Crippen LogP contribution in [0.5, 0.6) is 5.75 Å². The van der Waals surface area contributed by atoms with E-state index in [2.05, 4.69) is 36.1 Å². The molecule has 1 amide bonds. The molecule has 4 rings (SSSR count). The fourth-order valence-electron chi connectivity index (χ4n) is 3.50. The maximum atomic E-state index is 13.6. The van der Waals surface area contributed by atoms with E-state index in [0.717, 1.165) is 11.1 Å². The average molecular weight is 493 g/mol. The lowest BCUT2D eigenvalue weighted by molar-refractivity contribution is -0.115. The molecule has 35 heavy (non-hydrogen) atoms. The number of ether oxygens (including phenoxy) is 1. The quantitative estimate of drug-likeness (QED) is 0.280. The average Bonchev–Trinajstić information content (AvgIpc) is 3.26. The van der Waals surface area contributed by atoms with Gasteiger partial charge in [0.25, 0.3) is 5.78 Å². The van der Waals surface area contributed by atoms with Gasteiger partial charge in [-0.1, -0.05) is 48.2 Å². The highest BCUT2D eigenvalue weighted by Gasteiger charge is 2.27. The summed E-state index contributed by atoms with van der Waals surface area (Å²) < 4.78 is 7.17. The van der Waals surface area contributed by atoms with Crippen molar-refractivity contribution in [2.45, 2.75) is 31.2 Å². The molecular weight excluding hydrogens is 464 g/mol. The van der Waals surface area contributed by atoms with Crippen LogP contribution in [0.25, 0.3) is 5.78 Å². The highest BCUT2D eigenvalue weighted by molar-refractivity contribution is 8.00. The Kier molecular flexibility index (Phi) is 7.66. The highest BCUT2D eigenvalue weighted by atomic mass is 32.2. The zero-order valence-electron chi connectivity index (χ0n) is 20.1. The predicted molar refractivity (Wildman–Crippen MR) is 138 cm³/mol. The van der Waals surface area contributed by atoms with Crippen LogP contribution in [-0.2, 0) is 4.79 Å². The number of methoxy groups -OCH3 is 1. The number of nitrogens with one attached hydrogen (secondary N) is 3. The third-order valence-corrected chi connectivity index (χ3v) is 6.29. The molecule has 3 N–H and O–H groups in total. The normalized spacial score (nSPS) is 11.8. The molecule has 0 unspecified atom stereocenters. The first-order chi connectivity index (χ1) is 17.0. The number of carbonyl (C=O) groups is 1. The van der Waals surface area contributed by atoms with E-state index in [0.29, 0.717) is 47.4 Å². The summed E-state index contributed by atoms with van der Waals surface area (Å²) in [6.07, 6.45) is 0. The first kappa shape index (κ1) is 24.3. The standard InChI is InChI=1S/C24H28N8O2S/c1-5-25-21-28-22(26-6-2)32-23(29-21)30-31-24(32)35-19(16-10-8-7-9-11-16)20(33)27-17-14-15(3)12-13-18(17)34-4/h7-14,19H,5-6H2,1-4H3,(H,27,33)(H2,25,26,28,29,30)/t19-/m1/s1. The van der Waals surface area contributed by atoms with E-state index in [9.17, 15) is 4.79 Å². The summed E-state index contributed by atoms with van der Waals surface area (Å²) >= 11 is 1.28. The van der Waals surface area contributed by atoms with E-state index in [1.807, 2.05) is 69.3 Å². The SMILES string of the molecule is CCNc1nc(NCC)n2c(S[C@@H](C(=O)Nc3cc(C)ccc3OC)c3ccccc3)nnc2n1. The van der Waals surface area contributed by atoms with Crippen LogP contribution in [0.2, 0.25) is 0 Å². The van der Waals surface area contributed by atoms with Crippen LogP contribution >= 0.6 is 11.8 Å². The second-order valence-corrected chi connectivity index (χ2v) is 8.72. The van der Waals surface area contributed by atoms with Gasteiger partial charge in [-0.2, -0.15) is 9.97 Å². The Labute approximate surface area is 207 Å². The van der Waals surface area contributed by atoms with Gasteiger partial charge in [0.15, 0.2) is 0 Å². The van der Waals surface area contributed by atoms with Gasteiger partial charge in [0.05, 0.1) is 12.8 Å². The first-order valence-corrected chi connectivity index (χ1v) is 12.2. The van der Waals surface area contributed by atoms with Gasteiger partial charge in [-0.15, -0.1) is 10.2 Å². The van der Waals surface area contributed by atoms with Gasteiger partial charge >= 0.3 is 0 Å². The molecule has 2 aromatic heterocycles. The van der Waals surface area contributed by atoms with Crippen molar-refractivity contribution in [2.24, 2.45) is 0 Å². The fourth-order valence-corrected chi connectivity index (χ4v) is 4.54. The number of fused-ring (bicyclic) bond motifs is 1. The van der Waals surface area contributed by atoms with Crippen molar-refractivity contribution in [3.8, 4) is 5.75 Å². The number of carbonyl (C=O) groups excluding carboxylic acids is 1. The summed E-state index contributed by atoms with van der Waals surface area (Å²) in [5, 5.41) is 17.8. The number of thioether (sulfide) groups is 1. The van der Waals surface area contributed by atoms with Crippen LogP contribution in [-0.4, -0.2) is 50.7 Å². The molecule has 0 spiro atoms. The molecule has 11 heteroatoms. The molecule has 0 aliphatic heterocycles. The van der Waals surface area contributed by atoms with Gasteiger partial charge in [-0.05, 0) is 44.0 Å². The van der Waals surface area contributed by atoms with E-state index >= 15 is 0 Å². The van der Waals surface area contributed by atoms with Crippen molar-refractivity contribution in [1.82, 2.24) is 24.6 Å². The van der Waals surface area contributed by atoms with E-state index in [-0.39, 0.29) is 5.91 Å². The van der Waals surface area contributed by atoms with Gasteiger partial charge in [-0.3, -0.25) is 4.79 Å². The summed E-state index contributed by atoms with van der Waals surface area (Å²) in [6, 6.07) is 15.2. The van der Waals surface area contributed by atoms with Crippen molar-refractivity contribution in [2.75, 3.05) is 36.1 Å². The molecule has 0 fully saturated rings. The van der Waals surface area contributed by atoms with Crippen LogP contribution in [0, 0.1) is 6.92 Å². The van der Waals surface area contributed by atoms with Crippen molar-refractivity contribution < 1.29 is 9.53 Å². The Bertz CT molecular complexity index is 1310. The van der Waals surface area contributed by atoms with Crippen molar-refractivity contribution in [3.05, 3.63) is 59.7 Å². The lowest BCUT2D eigenvalue weighted by atomic mass is 10.1. The lowest BCUT2D eigenvalue weighted by Crippen LogP contribution is -2.20. The number of benzene rings is 2. The van der Waals surface area contributed by atoms with Gasteiger partial charge in [-0.25, -0.2) is 4.40 Å². The summed E-state index contributed by atoms with van der Waals surface area (Å²) in [7, 11) is 1.58. The molecule has 0 bridgehead atoms. The predicted octanol–water partition coefficient (Wildman–Crippen LogP) is 4.17. The monoisotopic (exact) mass is 492 g/mol. The van der Waals surface area contributed by atoms with Gasteiger partial charge in [0.2, 0.25) is 23.0 Å². The number of aromatic nitrogens is 5. The maximum Gasteiger partial charge on any atom is 0.261 e. The number of anilines is 3. The molecule has 0 aliphatic rings. The number of amides is 1. The molecule has 4 aromatic rings. The van der Waals surface area contributed by atoms with E-state index in [1.54, 1.807) is 11.5 Å². The Morgan fingerprint density at radius 2 is 1.83 bits per heavy atom. The van der Waals surface area contributed by atoms with E-state index in [4.69, 9.17) is 4.74 Å². The molecule has 0 saturated heterocycles. The Morgan fingerprint density at radius 3 is 2.54 bits per heavy atom. The minimum Gasteiger partial charge on any atom is -0.495 e. The fraction of sp³-hybridized carbons (Fsp3) is 0.292. The van der Waals surface area contributed by atoms with Gasteiger partial charge in [0, 0.05) is 13.1 Å². The van der Waals surface area contributed by atoms with Crippen LogP contribution < -0.4 is 20.7 Å². The Morgan fingerprint density at radius 1 is 1.06 bits per heavy atom. The number of hydrogen-bond donors (Lipinski definition) is 3. The summed E-state index contributed by atoms with van der Waals surface area (Å²) in [5.41, 5.74) is 2.45. The van der Waals surface area contributed by atoms with E-state index in [1.165, 1.54) is 11.8 Å². The third kappa shape index (κ3) is 5.46. The number of hydrogen-bond acceptors (Lipinski definition) is 9. The van der Waals surface area contributed by atoms with E-state index < -0.39 is 5.25 Å². The minimum atomic E-state index is -0.614. The van der Waals surface area contributed by atoms with Crippen molar-refractivity contribution >= 4 is 41.0 Å². The molecule has 2 heterocycles. The summed E-state index contributed by atoms with van der Waals surface area (Å²) in [6.45, 7) is 7.24. The van der Waals surface area contributed by atoms with Gasteiger partial charge < -0.3 is 20.7 Å². The van der Waals surface area contributed by atoms with Crippen LogP contribution in [0.4, 0.5) is 17.6 Å². The molecule has 10 nitrogen and oxygen atoms in total. The topological polar surface area (TPSA) is 118 Å². The smallest absolute Gasteiger partial charge is 0.261 e. The summed E-state index contributed by atoms with van der Waals surface area (Å²) in [5.74, 6) is 1.78. The van der Waals surface area contributed by atoms with Crippen LogP contribution in [0.1, 0.15) is 30.2 Å². The number of rotatable bonds is 10. The minimum absolute atomic E-state index is 0.211. The zero-order valence-corrected chi connectivity index (χ0v) is 20.9. The van der Waals surface area contributed by atoms with Crippen molar-refractivity contribution in [1.29, 1.82) is 0 Å². The number of nitrogens with zero attached hydrogens (tertiary/aromatic N) is 5. The Hall–Kier alpha value is -3.86. The van der Waals surface area contributed by atoms with Crippen LogP contribution in [0.3, 0.4) is 0 Å². The molecule has 0 aliphatic carbocycles. The third-order valence-electron chi connectivity index (χ3n) is 5.09. The molecule has 182 valence electrons. The summed E-state index contributed by atoms with van der Waals surface area (Å²) in [4.78, 5) is 22.6.